The highest BCUT2D eigenvalue weighted by molar-refractivity contribution is 7.89. The van der Waals surface area contributed by atoms with Crippen LogP contribution in [0, 0.1) is 0 Å². The molecule has 1 aromatic rings. The fourth-order valence-electron chi connectivity index (χ4n) is 2.44. The SMILES string of the molecule is CC(C)(C)OC(=O)COC(=O)c1cccc(S(=O)(=O)N2CCCC2)c1. The molecule has 0 amide bonds. The highest BCUT2D eigenvalue weighted by Crippen LogP contribution is 2.21. The Kier molecular flexibility index (Phi) is 5.84. The number of sulfonamides is 1. The zero-order valence-electron chi connectivity index (χ0n) is 14.6. The first kappa shape index (κ1) is 19.4. The molecule has 0 spiro atoms. The molecule has 0 aromatic heterocycles. The van der Waals surface area contributed by atoms with Crippen LogP contribution in [0.5, 0.6) is 0 Å². The van der Waals surface area contributed by atoms with Gasteiger partial charge in [-0.3, -0.25) is 0 Å². The number of carbonyl (C=O) groups is 2. The minimum absolute atomic E-state index is 0.0427. The quantitative estimate of drug-likeness (QED) is 0.737. The van der Waals surface area contributed by atoms with Gasteiger partial charge in [-0.15, -0.1) is 0 Å². The van der Waals surface area contributed by atoms with Crippen LogP contribution in [0.25, 0.3) is 0 Å². The van der Waals surface area contributed by atoms with Crippen LogP contribution in [0.3, 0.4) is 0 Å². The number of hydrogen-bond donors (Lipinski definition) is 0. The van der Waals surface area contributed by atoms with Crippen molar-refractivity contribution in [3.63, 3.8) is 0 Å². The van der Waals surface area contributed by atoms with Gasteiger partial charge in [0.1, 0.15) is 5.60 Å². The lowest BCUT2D eigenvalue weighted by atomic mass is 10.2. The summed E-state index contributed by atoms with van der Waals surface area (Å²) in [4.78, 5) is 23.7. The Balaban J connectivity index is 2.05. The average molecular weight is 369 g/mol. The fraction of sp³-hybridized carbons (Fsp3) is 0.529. The van der Waals surface area contributed by atoms with Crippen molar-refractivity contribution in [2.45, 2.75) is 44.1 Å². The van der Waals surface area contributed by atoms with E-state index in [0.29, 0.717) is 13.1 Å². The Bertz CT molecular complexity index is 745. The van der Waals surface area contributed by atoms with Crippen molar-refractivity contribution in [2.75, 3.05) is 19.7 Å². The maximum Gasteiger partial charge on any atom is 0.344 e. The summed E-state index contributed by atoms with van der Waals surface area (Å²) in [7, 11) is -3.62. The minimum Gasteiger partial charge on any atom is -0.457 e. The van der Waals surface area contributed by atoms with Gasteiger partial charge in [-0.05, 0) is 51.8 Å². The Labute approximate surface area is 148 Å². The number of nitrogens with zero attached hydrogens (tertiary/aromatic N) is 1. The van der Waals surface area contributed by atoms with Gasteiger partial charge in [0.15, 0.2) is 6.61 Å². The van der Waals surface area contributed by atoms with Crippen molar-refractivity contribution in [1.82, 2.24) is 4.31 Å². The third-order valence-electron chi connectivity index (χ3n) is 3.51. The second kappa shape index (κ2) is 7.53. The molecule has 2 rings (SSSR count). The van der Waals surface area contributed by atoms with Gasteiger partial charge in [0.25, 0.3) is 0 Å². The van der Waals surface area contributed by atoms with Gasteiger partial charge < -0.3 is 9.47 Å². The summed E-state index contributed by atoms with van der Waals surface area (Å²) in [5.41, 5.74) is -0.600. The molecule has 0 bridgehead atoms. The standard InChI is InChI=1S/C17H23NO6S/c1-17(2,3)24-15(19)12-23-16(20)13-7-6-8-14(11-13)25(21,22)18-9-4-5-10-18/h6-8,11H,4-5,9-10,12H2,1-3H3. The predicted molar refractivity (Wildman–Crippen MR) is 90.6 cm³/mol. The number of rotatable bonds is 5. The molecule has 1 saturated heterocycles. The van der Waals surface area contributed by atoms with Gasteiger partial charge in [0.05, 0.1) is 10.5 Å². The zero-order valence-corrected chi connectivity index (χ0v) is 15.5. The molecule has 0 atom stereocenters. The molecule has 8 heteroatoms. The van der Waals surface area contributed by atoms with E-state index in [1.807, 2.05) is 0 Å². The number of benzene rings is 1. The maximum absolute atomic E-state index is 12.5. The van der Waals surface area contributed by atoms with Crippen LogP contribution in [0.1, 0.15) is 44.0 Å². The Morgan fingerprint density at radius 1 is 1.16 bits per heavy atom. The highest BCUT2D eigenvalue weighted by atomic mass is 32.2. The number of carbonyl (C=O) groups excluding carboxylic acids is 2. The van der Waals surface area contributed by atoms with Crippen LogP contribution >= 0.6 is 0 Å². The summed E-state index contributed by atoms with van der Waals surface area (Å²) < 4.78 is 36.4. The molecule has 1 aromatic carbocycles. The lowest BCUT2D eigenvalue weighted by Crippen LogP contribution is -2.28. The van der Waals surface area contributed by atoms with Crippen LogP contribution in [-0.2, 0) is 24.3 Å². The van der Waals surface area contributed by atoms with E-state index in [1.54, 1.807) is 20.8 Å². The molecule has 138 valence electrons. The van der Waals surface area contributed by atoms with Gasteiger partial charge in [-0.25, -0.2) is 18.0 Å². The van der Waals surface area contributed by atoms with Crippen LogP contribution in [0.4, 0.5) is 0 Å². The molecule has 0 unspecified atom stereocenters. The molecule has 1 aliphatic rings. The van der Waals surface area contributed by atoms with Crippen molar-refractivity contribution < 1.29 is 27.5 Å². The topological polar surface area (TPSA) is 90.0 Å². The molecular formula is C17H23NO6S. The summed E-state index contributed by atoms with van der Waals surface area (Å²) in [6.07, 6.45) is 1.66. The molecule has 0 saturated carbocycles. The monoisotopic (exact) mass is 369 g/mol. The molecular weight excluding hydrogens is 346 g/mol. The van der Waals surface area contributed by atoms with E-state index in [9.17, 15) is 18.0 Å². The number of ether oxygens (including phenoxy) is 2. The molecule has 1 heterocycles. The van der Waals surface area contributed by atoms with Gasteiger partial charge in [0.2, 0.25) is 10.0 Å². The van der Waals surface area contributed by atoms with E-state index >= 15 is 0 Å². The molecule has 1 fully saturated rings. The van der Waals surface area contributed by atoms with E-state index in [0.717, 1.165) is 12.8 Å². The van der Waals surface area contributed by atoms with Crippen molar-refractivity contribution in [3.05, 3.63) is 29.8 Å². The first-order chi connectivity index (χ1) is 11.6. The zero-order chi connectivity index (χ0) is 18.7. The Morgan fingerprint density at radius 2 is 1.80 bits per heavy atom. The van der Waals surface area contributed by atoms with Gasteiger partial charge in [-0.2, -0.15) is 4.31 Å². The Hall–Kier alpha value is -1.93. The first-order valence-electron chi connectivity index (χ1n) is 8.09. The highest BCUT2D eigenvalue weighted by Gasteiger charge is 2.28. The summed E-state index contributed by atoms with van der Waals surface area (Å²) in [5, 5.41) is 0. The molecule has 1 aliphatic heterocycles. The van der Waals surface area contributed by atoms with E-state index in [-0.39, 0.29) is 10.5 Å². The van der Waals surface area contributed by atoms with Gasteiger partial charge in [0, 0.05) is 13.1 Å². The molecule has 0 radical (unpaired) electrons. The maximum atomic E-state index is 12.5. The van der Waals surface area contributed by atoms with Crippen molar-refractivity contribution in [2.24, 2.45) is 0 Å². The van der Waals surface area contributed by atoms with E-state index in [4.69, 9.17) is 9.47 Å². The second-order valence-corrected chi connectivity index (χ2v) is 8.74. The van der Waals surface area contributed by atoms with Gasteiger partial charge in [-0.1, -0.05) is 6.07 Å². The molecule has 25 heavy (non-hydrogen) atoms. The lowest BCUT2D eigenvalue weighted by molar-refractivity contribution is -0.158. The van der Waals surface area contributed by atoms with Crippen LogP contribution in [-0.4, -0.2) is 50.0 Å². The largest absolute Gasteiger partial charge is 0.457 e. The minimum atomic E-state index is -3.62. The smallest absolute Gasteiger partial charge is 0.344 e. The summed E-state index contributed by atoms with van der Waals surface area (Å²) in [6.45, 7) is 5.56. The lowest BCUT2D eigenvalue weighted by Gasteiger charge is -2.19. The first-order valence-corrected chi connectivity index (χ1v) is 9.53. The van der Waals surface area contributed by atoms with Crippen LogP contribution < -0.4 is 0 Å². The summed E-state index contributed by atoms with van der Waals surface area (Å²) in [5.74, 6) is -1.44. The molecule has 7 nitrogen and oxygen atoms in total. The van der Waals surface area contributed by atoms with Gasteiger partial charge >= 0.3 is 11.9 Å². The number of esters is 2. The third kappa shape index (κ3) is 5.27. The Morgan fingerprint density at radius 3 is 2.40 bits per heavy atom. The fourth-order valence-corrected chi connectivity index (χ4v) is 4.00. The summed E-state index contributed by atoms with van der Waals surface area (Å²) in [6, 6.07) is 5.64. The third-order valence-corrected chi connectivity index (χ3v) is 5.41. The van der Waals surface area contributed by atoms with Crippen molar-refractivity contribution in [3.8, 4) is 0 Å². The van der Waals surface area contributed by atoms with Crippen LogP contribution in [0.15, 0.2) is 29.2 Å². The number of hydrogen-bond acceptors (Lipinski definition) is 6. The normalized spacial score (nSPS) is 15.8. The van der Waals surface area contributed by atoms with Crippen molar-refractivity contribution >= 4 is 22.0 Å². The van der Waals surface area contributed by atoms with E-state index in [2.05, 4.69) is 0 Å². The van der Waals surface area contributed by atoms with Crippen LogP contribution in [0.2, 0.25) is 0 Å². The van der Waals surface area contributed by atoms with E-state index in [1.165, 1.54) is 28.6 Å². The van der Waals surface area contributed by atoms with Crippen molar-refractivity contribution in [1.29, 1.82) is 0 Å². The predicted octanol–water partition coefficient (Wildman–Crippen LogP) is 1.97. The average Bonchev–Trinajstić information content (AvgIpc) is 3.06. The van der Waals surface area contributed by atoms with E-state index < -0.39 is 34.2 Å². The molecule has 0 N–H and O–H groups in total. The summed E-state index contributed by atoms with van der Waals surface area (Å²) >= 11 is 0. The molecule has 0 aliphatic carbocycles. The second-order valence-electron chi connectivity index (χ2n) is 6.80.